The number of benzene rings is 1. The number of fused-ring (bicyclic) bond motifs is 3. The summed E-state index contributed by atoms with van der Waals surface area (Å²) in [5.74, 6) is 0.686. The van der Waals surface area contributed by atoms with Gasteiger partial charge in [0.25, 0.3) is 0 Å². The number of piperidine rings is 1. The summed E-state index contributed by atoms with van der Waals surface area (Å²) in [6, 6.07) is 4.32. The van der Waals surface area contributed by atoms with Crippen molar-refractivity contribution in [2.75, 3.05) is 7.05 Å². The molecule has 0 aromatic heterocycles. The van der Waals surface area contributed by atoms with Crippen molar-refractivity contribution in [3.63, 3.8) is 0 Å². The van der Waals surface area contributed by atoms with Crippen molar-refractivity contribution in [3.05, 3.63) is 33.3 Å². The molecule has 4 heteroatoms. The maximum absolute atomic E-state index is 11.8. The predicted octanol–water partition coefficient (Wildman–Crippen LogP) is 3.64. The van der Waals surface area contributed by atoms with E-state index in [2.05, 4.69) is 0 Å². The molecular formula is C14H15Cl2NO. The van der Waals surface area contributed by atoms with Gasteiger partial charge in [-0.05, 0) is 42.5 Å². The molecule has 0 radical (unpaired) electrons. The molecule has 1 aromatic carbocycles. The molecule has 2 nitrogen and oxygen atoms in total. The van der Waals surface area contributed by atoms with Crippen molar-refractivity contribution in [3.8, 4) is 0 Å². The van der Waals surface area contributed by atoms with Gasteiger partial charge in [-0.2, -0.15) is 0 Å². The smallest absolute Gasteiger partial charge is 0.222 e. The third-order valence-electron chi connectivity index (χ3n) is 4.32. The van der Waals surface area contributed by atoms with Crippen molar-refractivity contribution in [2.45, 2.75) is 37.6 Å². The monoisotopic (exact) mass is 283 g/mol. The Morgan fingerprint density at radius 1 is 1.17 bits per heavy atom. The molecular weight excluding hydrogens is 269 g/mol. The number of likely N-dealkylation sites (tertiary alicyclic amines) is 1. The number of nitrogens with zero attached hydrogens (tertiary/aromatic N) is 1. The largest absolute Gasteiger partial charge is 0.342 e. The van der Waals surface area contributed by atoms with Crippen LogP contribution in [0.3, 0.4) is 0 Å². The van der Waals surface area contributed by atoms with Gasteiger partial charge < -0.3 is 4.90 Å². The van der Waals surface area contributed by atoms with Crippen molar-refractivity contribution in [2.24, 2.45) is 0 Å². The van der Waals surface area contributed by atoms with E-state index in [4.69, 9.17) is 23.2 Å². The molecule has 1 fully saturated rings. The molecule has 1 amide bonds. The van der Waals surface area contributed by atoms with Gasteiger partial charge in [-0.15, -0.1) is 0 Å². The molecule has 1 saturated heterocycles. The Morgan fingerprint density at radius 2 is 1.89 bits per heavy atom. The zero-order chi connectivity index (χ0) is 12.9. The van der Waals surface area contributed by atoms with Crippen LogP contribution in [0.4, 0.5) is 0 Å². The van der Waals surface area contributed by atoms with Crippen molar-refractivity contribution in [1.29, 1.82) is 0 Å². The fourth-order valence-corrected chi connectivity index (χ4v) is 3.69. The predicted molar refractivity (Wildman–Crippen MR) is 73.3 cm³/mol. The van der Waals surface area contributed by atoms with E-state index in [1.54, 1.807) is 0 Å². The van der Waals surface area contributed by atoms with Crippen molar-refractivity contribution in [1.82, 2.24) is 4.90 Å². The normalized spacial score (nSPS) is 26.8. The Morgan fingerprint density at radius 3 is 2.67 bits per heavy atom. The number of likely N-dealkylation sites (N-methyl/N-ethyl adjacent to an activating group) is 1. The second-order valence-corrected chi connectivity index (χ2v) is 6.04. The van der Waals surface area contributed by atoms with Crippen LogP contribution >= 0.6 is 23.2 Å². The zero-order valence-corrected chi connectivity index (χ0v) is 11.8. The van der Waals surface area contributed by atoms with E-state index in [1.807, 2.05) is 24.1 Å². The molecule has 1 heterocycles. The highest BCUT2D eigenvalue weighted by atomic mass is 35.5. The summed E-state index contributed by atoms with van der Waals surface area (Å²) in [6.45, 7) is 0. The maximum atomic E-state index is 11.8. The maximum Gasteiger partial charge on any atom is 0.222 e. The van der Waals surface area contributed by atoms with Crippen LogP contribution in [0.1, 0.15) is 36.3 Å². The topological polar surface area (TPSA) is 20.3 Å². The van der Waals surface area contributed by atoms with Gasteiger partial charge in [-0.25, -0.2) is 0 Å². The van der Waals surface area contributed by atoms with Gasteiger partial charge in [0.05, 0.1) is 10.0 Å². The minimum absolute atomic E-state index is 0.264. The van der Waals surface area contributed by atoms with E-state index in [1.165, 1.54) is 11.1 Å². The molecule has 1 aliphatic heterocycles. The summed E-state index contributed by atoms with van der Waals surface area (Å²) < 4.78 is 0. The number of hydrogen-bond donors (Lipinski definition) is 0. The van der Waals surface area contributed by atoms with Crippen LogP contribution in [0.2, 0.25) is 10.0 Å². The van der Waals surface area contributed by atoms with Gasteiger partial charge in [0.1, 0.15) is 0 Å². The quantitative estimate of drug-likeness (QED) is 0.712. The molecule has 0 bridgehead atoms. The summed E-state index contributed by atoms with van der Waals surface area (Å²) in [4.78, 5) is 13.7. The fraction of sp³-hybridized carbons (Fsp3) is 0.500. The van der Waals surface area contributed by atoms with Gasteiger partial charge in [-0.1, -0.05) is 23.2 Å². The SMILES string of the molecule is CN1C(=O)CCC2c3cc(Cl)c(Cl)cc3CCC21. The fourth-order valence-electron chi connectivity index (χ4n) is 3.33. The highest BCUT2D eigenvalue weighted by Gasteiger charge is 2.38. The first kappa shape index (κ1) is 12.3. The summed E-state index contributed by atoms with van der Waals surface area (Å²) in [6.07, 6.45) is 3.57. The standard InChI is InChI=1S/C14H15Cl2NO/c1-17-13-4-2-8-6-11(15)12(16)7-10(8)9(13)3-5-14(17)18/h6-7,9,13H,2-5H2,1H3. The molecule has 1 aromatic rings. The van der Waals surface area contributed by atoms with E-state index in [0.717, 1.165) is 19.3 Å². The van der Waals surface area contributed by atoms with E-state index in [-0.39, 0.29) is 5.91 Å². The lowest BCUT2D eigenvalue weighted by Crippen LogP contribution is -2.47. The molecule has 18 heavy (non-hydrogen) atoms. The Hall–Kier alpha value is -0.730. The first-order valence-corrected chi connectivity index (χ1v) is 7.07. The molecule has 1 aliphatic carbocycles. The molecule has 2 unspecified atom stereocenters. The third kappa shape index (κ3) is 1.83. The number of aryl methyl sites for hydroxylation is 1. The van der Waals surface area contributed by atoms with Gasteiger partial charge in [0.2, 0.25) is 5.91 Å². The molecule has 2 aliphatic rings. The number of carbonyl (C=O) groups excluding carboxylic acids is 1. The highest BCUT2D eigenvalue weighted by Crippen LogP contribution is 2.42. The van der Waals surface area contributed by atoms with Crippen LogP contribution in [-0.2, 0) is 11.2 Å². The van der Waals surface area contributed by atoms with Gasteiger partial charge in [0.15, 0.2) is 0 Å². The molecule has 96 valence electrons. The zero-order valence-electron chi connectivity index (χ0n) is 10.2. The molecule has 2 atom stereocenters. The second-order valence-electron chi connectivity index (χ2n) is 5.22. The number of halogens is 2. The van der Waals surface area contributed by atoms with Crippen LogP contribution in [0.25, 0.3) is 0 Å². The number of rotatable bonds is 0. The molecule has 3 rings (SSSR count). The highest BCUT2D eigenvalue weighted by molar-refractivity contribution is 6.42. The Kier molecular flexibility index (Phi) is 3.03. The van der Waals surface area contributed by atoms with E-state index in [9.17, 15) is 4.79 Å². The van der Waals surface area contributed by atoms with Crippen LogP contribution in [0.15, 0.2) is 12.1 Å². The summed E-state index contributed by atoms with van der Waals surface area (Å²) in [5, 5.41) is 1.25. The summed E-state index contributed by atoms with van der Waals surface area (Å²) in [5.41, 5.74) is 2.59. The van der Waals surface area contributed by atoms with Crippen LogP contribution in [0, 0.1) is 0 Å². The van der Waals surface area contributed by atoms with E-state index in [0.29, 0.717) is 28.4 Å². The first-order chi connectivity index (χ1) is 8.58. The van der Waals surface area contributed by atoms with Crippen molar-refractivity contribution < 1.29 is 4.79 Å². The second kappa shape index (κ2) is 4.43. The third-order valence-corrected chi connectivity index (χ3v) is 5.04. The van der Waals surface area contributed by atoms with E-state index >= 15 is 0 Å². The number of amides is 1. The number of carbonyl (C=O) groups is 1. The average molecular weight is 284 g/mol. The van der Waals surface area contributed by atoms with Crippen LogP contribution in [0.5, 0.6) is 0 Å². The average Bonchev–Trinajstić information content (AvgIpc) is 2.35. The first-order valence-electron chi connectivity index (χ1n) is 6.31. The summed E-state index contributed by atoms with van der Waals surface area (Å²) >= 11 is 12.2. The minimum Gasteiger partial charge on any atom is -0.342 e. The lowest BCUT2D eigenvalue weighted by atomic mass is 9.74. The Balaban J connectivity index is 2.03. The Bertz CT molecular complexity index is 515. The van der Waals surface area contributed by atoms with Gasteiger partial charge in [0, 0.05) is 25.4 Å². The van der Waals surface area contributed by atoms with Gasteiger partial charge >= 0.3 is 0 Å². The molecule has 0 spiro atoms. The lowest BCUT2D eigenvalue weighted by Gasteiger charge is -2.43. The lowest BCUT2D eigenvalue weighted by molar-refractivity contribution is -0.135. The van der Waals surface area contributed by atoms with E-state index < -0.39 is 0 Å². The number of hydrogen-bond acceptors (Lipinski definition) is 1. The van der Waals surface area contributed by atoms with Gasteiger partial charge in [-0.3, -0.25) is 4.79 Å². The van der Waals surface area contributed by atoms with Crippen LogP contribution in [-0.4, -0.2) is 23.9 Å². The van der Waals surface area contributed by atoms with Crippen LogP contribution < -0.4 is 0 Å². The minimum atomic E-state index is 0.264. The van der Waals surface area contributed by atoms with Crippen molar-refractivity contribution >= 4 is 29.1 Å². The summed E-state index contributed by atoms with van der Waals surface area (Å²) in [7, 11) is 1.92. The molecule has 0 N–H and O–H groups in total. The Labute approximate surface area is 117 Å². The molecule has 0 saturated carbocycles.